The third-order valence-corrected chi connectivity index (χ3v) is 4.48. The molecule has 0 unspecified atom stereocenters. The predicted octanol–water partition coefficient (Wildman–Crippen LogP) is 0.0662. The van der Waals surface area contributed by atoms with Gasteiger partial charge in [-0.15, -0.1) is 11.8 Å². The van der Waals surface area contributed by atoms with E-state index >= 15 is 0 Å². The summed E-state index contributed by atoms with van der Waals surface area (Å²) in [5.74, 6) is 1.29. The van der Waals surface area contributed by atoms with Crippen LogP contribution in [0.25, 0.3) is 0 Å². The second-order valence-corrected chi connectivity index (χ2v) is 6.64. The van der Waals surface area contributed by atoms with Gasteiger partial charge in [-0.3, -0.25) is 9.59 Å². The molecular formula is C15H25N5O3S. The van der Waals surface area contributed by atoms with Crippen LogP contribution in [0.3, 0.4) is 0 Å². The Kier molecular flexibility index (Phi) is 8.06. The number of thioether (sulfide) groups is 1. The quantitative estimate of drug-likeness (QED) is 0.539. The van der Waals surface area contributed by atoms with Gasteiger partial charge in [0.2, 0.25) is 11.8 Å². The number of aryl methyl sites for hydroxylation is 1. The van der Waals surface area contributed by atoms with Crippen LogP contribution in [-0.2, 0) is 9.59 Å². The van der Waals surface area contributed by atoms with Crippen molar-refractivity contribution in [2.24, 2.45) is 0 Å². The number of amides is 2. The molecule has 0 atom stereocenters. The highest BCUT2D eigenvalue weighted by Gasteiger charge is 2.10. The molecule has 1 aliphatic heterocycles. The van der Waals surface area contributed by atoms with E-state index in [0.717, 1.165) is 39.1 Å². The molecule has 1 saturated heterocycles. The van der Waals surface area contributed by atoms with Gasteiger partial charge >= 0.3 is 0 Å². The minimum absolute atomic E-state index is 0.0367. The van der Waals surface area contributed by atoms with E-state index in [4.69, 9.17) is 4.52 Å². The largest absolute Gasteiger partial charge is 0.360 e. The van der Waals surface area contributed by atoms with Crippen molar-refractivity contribution in [1.29, 1.82) is 0 Å². The van der Waals surface area contributed by atoms with E-state index < -0.39 is 0 Å². The zero-order valence-electron chi connectivity index (χ0n) is 14.0. The molecule has 0 aliphatic carbocycles. The van der Waals surface area contributed by atoms with Crippen LogP contribution in [-0.4, -0.2) is 72.6 Å². The zero-order chi connectivity index (χ0) is 17.2. The number of carbonyl (C=O) groups is 2. The van der Waals surface area contributed by atoms with Crippen molar-refractivity contribution >= 4 is 29.4 Å². The summed E-state index contributed by atoms with van der Waals surface area (Å²) in [5.41, 5.74) is 0. The standard InChI is InChI=1S/C15H25N5O3S/c1-12-9-13(19-23-12)18-15(22)11-24-10-14(21)17-3-2-6-20-7-4-16-5-8-20/h9,16H,2-8,10-11H2,1H3,(H,17,21)(H,18,19,22). The lowest BCUT2D eigenvalue weighted by atomic mass is 10.3. The monoisotopic (exact) mass is 355 g/mol. The van der Waals surface area contributed by atoms with Crippen molar-refractivity contribution in [2.75, 3.05) is 56.1 Å². The maximum Gasteiger partial charge on any atom is 0.235 e. The Hall–Kier alpha value is -1.58. The molecule has 2 rings (SSSR count). The third-order valence-electron chi connectivity index (χ3n) is 3.54. The molecule has 0 spiro atoms. The number of carbonyl (C=O) groups excluding carboxylic acids is 2. The summed E-state index contributed by atoms with van der Waals surface area (Å²) in [5, 5.41) is 12.5. The number of hydrogen-bond donors (Lipinski definition) is 3. The summed E-state index contributed by atoms with van der Waals surface area (Å²) < 4.78 is 4.86. The highest BCUT2D eigenvalue weighted by Crippen LogP contribution is 2.08. The number of rotatable bonds is 9. The lowest BCUT2D eigenvalue weighted by molar-refractivity contribution is -0.118. The zero-order valence-corrected chi connectivity index (χ0v) is 14.8. The molecule has 0 aromatic carbocycles. The molecule has 24 heavy (non-hydrogen) atoms. The third kappa shape index (κ3) is 7.33. The molecule has 0 saturated carbocycles. The molecular weight excluding hydrogens is 330 g/mol. The van der Waals surface area contributed by atoms with E-state index in [9.17, 15) is 9.59 Å². The van der Waals surface area contributed by atoms with Gasteiger partial charge < -0.3 is 25.4 Å². The first-order valence-electron chi connectivity index (χ1n) is 8.14. The Morgan fingerprint density at radius 1 is 1.33 bits per heavy atom. The molecule has 1 aromatic heterocycles. The number of nitrogens with one attached hydrogen (secondary N) is 3. The van der Waals surface area contributed by atoms with E-state index in [2.05, 4.69) is 26.0 Å². The van der Waals surface area contributed by atoms with Crippen LogP contribution >= 0.6 is 11.8 Å². The van der Waals surface area contributed by atoms with E-state index in [-0.39, 0.29) is 23.3 Å². The molecule has 0 radical (unpaired) electrons. The molecule has 1 aromatic rings. The Bertz CT molecular complexity index is 531. The van der Waals surface area contributed by atoms with Crippen LogP contribution in [0, 0.1) is 6.92 Å². The Balaban J connectivity index is 1.47. The van der Waals surface area contributed by atoms with E-state index in [1.54, 1.807) is 13.0 Å². The van der Waals surface area contributed by atoms with Gasteiger partial charge in [0, 0.05) is 38.8 Å². The van der Waals surface area contributed by atoms with Crippen LogP contribution in [0.5, 0.6) is 0 Å². The van der Waals surface area contributed by atoms with Crippen LogP contribution in [0.15, 0.2) is 10.6 Å². The van der Waals surface area contributed by atoms with E-state index in [1.165, 1.54) is 11.8 Å². The van der Waals surface area contributed by atoms with Gasteiger partial charge in [0.1, 0.15) is 5.76 Å². The highest BCUT2D eigenvalue weighted by molar-refractivity contribution is 8.00. The molecule has 9 heteroatoms. The summed E-state index contributed by atoms with van der Waals surface area (Å²) in [6.45, 7) is 7.66. The average molecular weight is 355 g/mol. The van der Waals surface area contributed by atoms with Crippen molar-refractivity contribution in [3.8, 4) is 0 Å². The first kappa shape index (κ1) is 18.8. The van der Waals surface area contributed by atoms with Crippen LogP contribution < -0.4 is 16.0 Å². The molecule has 8 nitrogen and oxygen atoms in total. The number of hydrogen-bond acceptors (Lipinski definition) is 7. The lowest BCUT2D eigenvalue weighted by Gasteiger charge is -2.27. The summed E-state index contributed by atoms with van der Waals surface area (Å²) in [7, 11) is 0. The minimum atomic E-state index is -0.195. The van der Waals surface area contributed by atoms with E-state index in [1.807, 2.05) is 0 Å². The number of piperazine rings is 1. The highest BCUT2D eigenvalue weighted by atomic mass is 32.2. The smallest absolute Gasteiger partial charge is 0.235 e. The molecule has 0 bridgehead atoms. The first-order chi connectivity index (χ1) is 11.6. The van der Waals surface area contributed by atoms with Gasteiger partial charge in [0.25, 0.3) is 0 Å². The normalized spacial score (nSPS) is 15.2. The van der Waals surface area contributed by atoms with Crippen molar-refractivity contribution in [3.05, 3.63) is 11.8 Å². The predicted molar refractivity (Wildman–Crippen MR) is 94.1 cm³/mol. The second kappa shape index (κ2) is 10.3. The van der Waals surface area contributed by atoms with E-state index in [0.29, 0.717) is 18.1 Å². The van der Waals surface area contributed by atoms with Gasteiger partial charge in [-0.25, -0.2) is 0 Å². The lowest BCUT2D eigenvalue weighted by Crippen LogP contribution is -2.44. The minimum Gasteiger partial charge on any atom is -0.360 e. The topological polar surface area (TPSA) is 99.5 Å². The average Bonchev–Trinajstić information content (AvgIpc) is 2.97. The van der Waals surface area contributed by atoms with Crippen molar-refractivity contribution in [1.82, 2.24) is 20.7 Å². The van der Waals surface area contributed by atoms with Crippen LogP contribution in [0.4, 0.5) is 5.82 Å². The second-order valence-electron chi connectivity index (χ2n) is 5.66. The molecule has 1 aliphatic rings. The van der Waals surface area contributed by atoms with Crippen molar-refractivity contribution in [3.63, 3.8) is 0 Å². The summed E-state index contributed by atoms with van der Waals surface area (Å²) in [6, 6.07) is 1.65. The first-order valence-corrected chi connectivity index (χ1v) is 9.29. The van der Waals surface area contributed by atoms with Gasteiger partial charge in [0.05, 0.1) is 11.5 Å². The molecule has 2 heterocycles. The maximum atomic E-state index is 11.7. The number of anilines is 1. The Morgan fingerprint density at radius 2 is 2.08 bits per heavy atom. The fourth-order valence-electron chi connectivity index (χ4n) is 2.36. The molecule has 1 fully saturated rings. The SMILES string of the molecule is Cc1cc(NC(=O)CSCC(=O)NCCCN2CCNCC2)no1. The maximum absolute atomic E-state index is 11.7. The fraction of sp³-hybridized carbons (Fsp3) is 0.667. The summed E-state index contributed by atoms with van der Waals surface area (Å²) in [6.07, 6.45) is 0.947. The number of nitrogens with zero attached hydrogens (tertiary/aromatic N) is 2. The van der Waals surface area contributed by atoms with Gasteiger partial charge in [-0.1, -0.05) is 5.16 Å². The summed E-state index contributed by atoms with van der Waals surface area (Å²) >= 11 is 1.28. The molecule has 3 N–H and O–H groups in total. The molecule has 134 valence electrons. The van der Waals surface area contributed by atoms with Crippen LogP contribution in [0.1, 0.15) is 12.2 Å². The van der Waals surface area contributed by atoms with Crippen LogP contribution in [0.2, 0.25) is 0 Å². The Morgan fingerprint density at radius 3 is 2.79 bits per heavy atom. The van der Waals surface area contributed by atoms with Crippen molar-refractivity contribution in [2.45, 2.75) is 13.3 Å². The fourth-order valence-corrected chi connectivity index (χ4v) is 3.00. The van der Waals surface area contributed by atoms with Gasteiger partial charge in [-0.2, -0.15) is 0 Å². The Labute approximate surface area is 146 Å². The molecule has 2 amide bonds. The van der Waals surface area contributed by atoms with Gasteiger partial charge in [-0.05, 0) is 19.9 Å². The van der Waals surface area contributed by atoms with Gasteiger partial charge in [0.15, 0.2) is 5.82 Å². The number of aromatic nitrogens is 1. The van der Waals surface area contributed by atoms with Crippen molar-refractivity contribution < 1.29 is 14.1 Å². The summed E-state index contributed by atoms with van der Waals surface area (Å²) in [4.78, 5) is 25.8.